The molecule has 1 N–H and O–H groups in total. The van der Waals surface area contributed by atoms with Gasteiger partial charge in [0, 0.05) is 13.6 Å². The highest BCUT2D eigenvalue weighted by molar-refractivity contribution is 9.10. The van der Waals surface area contributed by atoms with E-state index in [9.17, 15) is 4.39 Å². The fourth-order valence-electron chi connectivity index (χ4n) is 1.19. The molecule has 15 heavy (non-hydrogen) atoms. The van der Waals surface area contributed by atoms with Gasteiger partial charge in [0.2, 0.25) is 0 Å². The maximum Gasteiger partial charge on any atom is 0.161 e. The number of benzene rings is 1. The first-order valence-electron chi connectivity index (χ1n) is 4.32. The van der Waals surface area contributed by atoms with Gasteiger partial charge < -0.3 is 10.0 Å². The summed E-state index contributed by atoms with van der Waals surface area (Å²) in [6.07, 6.45) is 0. The number of hydrogen-bond acceptors (Lipinski definition) is 3. The van der Waals surface area contributed by atoms with Gasteiger partial charge in [-0.05, 0) is 28.1 Å². The maximum absolute atomic E-state index is 13.7. The van der Waals surface area contributed by atoms with Gasteiger partial charge >= 0.3 is 0 Å². The van der Waals surface area contributed by atoms with Crippen molar-refractivity contribution in [1.82, 2.24) is 0 Å². The molecule has 0 amide bonds. The number of hydrogen-bond donors (Lipinski definition) is 1. The van der Waals surface area contributed by atoms with Crippen molar-refractivity contribution in [2.75, 3.05) is 25.1 Å². The highest BCUT2D eigenvalue weighted by Gasteiger charge is 2.13. The van der Waals surface area contributed by atoms with Gasteiger partial charge in [-0.2, -0.15) is 5.26 Å². The molecule has 0 bridgehead atoms. The molecule has 0 unspecified atom stereocenters. The van der Waals surface area contributed by atoms with Gasteiger partial charge in [-0.1, -0.05) is 0 Å². The van der Waals surface area contributed by atoms with Crippen LogP contribution in [0.1, 0.15) is 5.56 Å². The number of aliphatic hydroxyl groups is 1. The lowest BCUT2D eigenvalue weighted by atomic mass is 10.2. The average molecular weight is 273 g/mol. The van der Waals surface area contributed by atoms with Crippen LogP contribution in [0, 0.1) is 17.1 Å². The number of rotatable bonds is 3. The third-order valence-corrected chi connectivity index (χ3v) is 2.80. The fraction of sp³-hybridized carbons (Fsp3) is 0.300. The predicted octanol–water partition coefficient (Wildman–Crippen LogP) is 1.89. The molecule has 0 aliphatic carbocycles. The second kappa shape index (κ2) is 5.10. The standard InChI is InChI=1S/C10H10BrFN2O/c1-14(4-5-15)8-3-2-7(6-13)9(11)10(8)12/h2-3,15H,4-5H2,1H3. The lowest BCUT2D eigenvalue weighted by molar-refractivity contribution is 0.303. The molecule has 1 rings (SSSR count). The minimum atomic E-state index is -0.481. The fourth-order valence-corrected chi connectivity index (χ4v) is 1.61. The first-order valence-corrected chi connectivity index (χ1v) is 5.11. The topological polar surface area (TPSA) is 47.3 Å². The molecule has 0 saturated carbocycles. The number of nitriles is 1. The van der Waals surface area contributed by atoms with Crippen LogP contribution in [0.2, 0.25) is 0 Å². The molecule has 0 spiro atoms. The SMILES string of the molecule is CN(CCO)c1ccc(C#N)c(Br)c1F. The van der Waals surface area contributed by atoms with Crippen LogP contribution in [0.5, 0.6) is 0 Å². The number of likely N-dealkylation sites (N-methyl/N-ethyl adjacent to an activating group) is 1. The van der Waals surface area contributed by atoms with E-state index in [2.05, 4.69) is 15.9 Å². The van der Waals surface area contributed by atoms with Crippen LogP contribution >= 0.6 is 15.9 Å². The van der Waals surface area contributed by atoms with E-state index in [1.54, 1.807) is 11.9 Å². The molecular weight excluding hydrogens is 263 g/mol. The number of anilines is 1. The molecule has 0 atom stereocenters. The normalized spacial score (nSPS) is 9.80. The Kier molecular flexibility index (Phi) is 4.06. The van der Waals surface area contributed by atoms with E-state index < -0.39 is 5.82 Å². The van der Waals surface area contributed by atoms with Crippen LogP contribution in [0.3, 0.4) is 0 Å². The molecule has 0 saturated heterocycles. The number of halogens is 2. The first-order chi connectivity index (χ1) is 7.11. The zero-order chi connectivity index (χ0) is 11.4. The Morgan fingerprint density at radius 1 is 1.60 bits per heavy atom. The molecule has 80 valence electrons. The summed E-state index contributed by atoms with van der Waals surface area (Å²) >= 11 is 3.02. The van der Waals surface area contributed by atoms with E-state index in [0.717, 1.165) is 0 Å². The van der Waals surface area contributed by atoms with Crippen molar-refractivity contribution in [3.8, 4) is 6.07 Å². The van der Waals surface area contributed by atoms with Gasteiger partial charge in [0.15, 0.2) is 5.82 Å². The van der Waals surface area contributed by atoms with E-state index in [0.29, 0.717) is 12.2 Å². The quantitative estimate of drug-likeness (QED) is 0.914. The number of aliphatic hydroxyl groups excluding tert-OH is 1. The lowest BCUT2D eigenvalue weighted by Crippen LogP contribution is -2.22. The summed E-state index contributed by atoms with van der Waals surface area (Å²) in [6.45, 7) is 0.294. The van der Waals surface area contributed by atoms with E-state index in [-0.39, 0.29) is 16.6 Å². The Morgan fingerprint density at radius 3 is 2.80 bits per heavy atom. The minimum absolute atomic E-state index is 0.0481. The van der Waals surface area contributed by atoms with Gasteiger partial charge in [-0.25, -0.2) is 4.39 Å². The highest BCUT2D eigenvalue weighted by atomic mass is 79.9. The molecule has 0 fully saturated rings. The van der Waals surface area contributed by atoms with E-state index in [4.69, 9.17) is 10.4 Å². The van der Waals surface area contributed by atoms with E-state index in [1.165, 1.54) is 12.1 Å². The Morgan fingerprint density at radius 2 is 2.27 bits per heavy atom. The Balaban J connectivity index is 3.13. The van der Waals surface area contributed by atoms with Crippen molar-refractivity contribution in [2.45, 2.75) is 0 Å². The van der Waals surface area contributed by atoms with Crippen LogP contribution in [-0.2, 0) is 0 Å². The van der Waals surface area contributed by atoms with E-state index in [1.807, 2.05) is 6.07 Å². The van der Waals surface area contributed by atoms with Crippen molar-refractivity contribution in [2.24, 2.45) is 0 Å². The van der Waals surface area contributed by atoms with Crippen molar-refractivity contribution in [3.05, 3.63) is 28.0 Å². The zero-order valence-corrected chi connectivity index (χ0v) is 9.75. The third kappa shape index (κ3) is 2.46. The second-order valence-corrected chi connectivity index (χ2v) is 3.81. The van der Waals surface area contributed by atoms with Crippen LogP contribution < -0.4 is 4.90 Å². The second-order valence-electron chi connectivity index (χ2n) is 3.02. The smallest absolute Gasteiger partial charge is 0.161 e. The monoisotopic (exact) mass is 272 g/mol. The Labute approximate surface area is 95.9 Å². The van der Waals surface area contributed by atoms with Gasteiger partial charge in [0.25, 0.3) is 0 Å². The Bertz CT molecular complexity index is 403. The van der Waals surface area contributed by atoms with Crippen molar-refractivity contribution in [3.63, 3.8) is 0 Å². The molecular formula is C10H10BrFN2O. The van der Waals surface area contributed by atoms with Crippen molar-refractivity contribution in [1.29, 1.82) is 5.26 Å². The number of nitrogens with zero attached hydrogens (tertiary/aromatic N) is 2. The molecule has 1 aromatic rings. The molecule has 3 nitrogen and oxygen atoms in total. The van der Waals surface area contributed by atoms with Crippen molar-refractivity contribution >= 4 is 21.6 Å². The summed E-state index contributed by atoms with van der Waals surface area (Å²) < 4.78 is 13.9. The first kappa shape index (κ1) is 12.0. The van der Waals surface area contributed by atoms with Gasteiger partial charge in [0.05, 0.1) is 22.3 Å². The van der Waals surface area contributed by atoms with Crippen LogP contribution in [-0.4, -0.2) is 25.3 Å². The van der Waals surface area contributed by atoms with Gasteiger partial charge in [0.1, 0.15) is 6.07 Å². The van der Waals surface area contributed by atoms with Crippen LogP contribution in [0.25, 0.3) is 0 Å². The third-order valence-electron chi connectivity index (χ3n) is 2.03. The molecule has 0 heterocycles. The maximum atomic E-state index is 13.7. The minimum Gasteiger partial charge on any atom is -0.395 e. The van der Waals surface area contributed by atoms with E-state index >= 15 is 0 Å². The van der Waals surface area contributed by atoms with Gasteiger partial charge in [-0.3, -0.25) is 0 Å². The summed E-state index contributed by atoms with van der Waals surface area (Å²) in [5.41, 5.74) is 0.614. The van der Waals surface area contributed by atoms with Crippen LogP contribution in [0.15, 0.2) is 16.6 Å². The molecule has 1 aromatic carbocycles. The molecule has 0 aliphatic heterocycles. The summed E-state index contributed by atoms with van der Waals surface area (Å²) in [5, 5.41) is 17.4. The van der Waals surface area contributed by atoms with Crippen LogP contribution in [0.4, 0.5) is 10.1 Å². The lowest BCUT2D eigenvalue weighted by Gasteiger charge is -2.19. The predicted molar refractivity (Wildman–Crippen MR) is 59.2 cm³/mol. The van der Waals surface area contributed by atoms with Gasteiger partial charge in [-0.15, -0.1) is 0 Å². The summed E-state index contributed by atoms with van der Waals surface area (Å²) in [6, 6.07) is 4.94. The molecule has 0 aliphatic rings. The largest absolute Gasteiger partial charge is 0.395 e. The summed E-state index contributed by atoms with van der Waals surface area (Å²) in [7, 11) is 1.67. The summed E-state index contributed by atoms with van der Waals surface area (Å²) in [4.78, 5) is 1.58. The molecule has 0 radical (unpaired) electrons. The highest BCUT2D eigenvalue weighted by Crippen LogP contribution is 2.28. The zero-order valence-electron chi connectivity index (χ0n) is 8.17. The van der Waals surface area contributed by atoms with Crippen molar-refractivity contribution < 1.29 is 9.50 Å². The Hall–Kier alpha value is -1.12. The molecule has 5 heteroatoms. The molecule has 0 aromatic heterocycles. The average Bonchev–Trinajstić information content (AvgIpc) is 2.22. The summed E-state index contributed by atoms with van der Waals surface area (Å²) in [5.74, 6) is -0.481.